The van der Waals surface area contributed by atoms with Gasteiger partial charge in [-0.2, -0.15) is 13.2 Å². The molecule has 0 fully saturated rings. The van der Waals surface area contributed by atoms with Gasteiger partial charge in [-0.1, -0.05) is 11.6 Å². The summed E-state index contributed by atoms with van der Waals surface area (Å²) in [5.41, 5.74) is 1.02. The second kappa shape index (κ2) is 6.94. The van der Waals surface area contributed by atoms with E-state index < -0.39 is 23.6 Å². The fourth-order valence-corrected chi connectivity index (χ4v) is 3.07. The molecule has 2 aliphatic rings. The first-order chi connectivity index (χ1) is 12.7. The number of amides is 1. The monoisotopic (exact) mass is 378 g/mol. The van der Waals surface area contributed by atoms with Gasteiger partial charge in [-0.15, -0.1) is 0 Å². The Balaban J connectivity index is 2.00. The molecule has 1 amide bonds. The summed E-state index contributed by atoms with van der Waals surface area (Å²) in [7, 11) is 1.27. The lowest BCUT2D eigenvalue weighted by Crippen LogP contribution is -2.32. The highest BCUT2D eigenvalue weighted by atomic mass is 19.4. The van der Waals surface area contributed by atoms with Crippen LogP contribution in [0.15, 0.2) is 59.0 Å². The van der Waals surface area contributed by atoms with E-state index in [1.54, 1.807) is 35.4 Å². The molecule has 0 unspecified atom stereocenters. The van der Waals surface area contributed by atoms with E-state index in [1.807, 2.05) is 0 Å². The maximum absolute atomic E-state index is 13.2. The number of methoxy groups -OCH3 is 1. The highest BCUT2D eigenvalue weighted by Gasteiger charge is 2.37. The highest BCUT2D eigenvalue weighted by molar-refractivity contribution is 5.91. The predicted molar refractivity (Wildman–Crippen MR) is 92.8 cm³/mol. The summed E-state index contributed by atoms with van der Waals surface area (Å²) in [5, 5.41) is 2.54. The Kier molecular flexibility index (Phi) is 4.82. The first-order valence-corrected chi connectivity index (χ1v) is 8.13. The van der Waals surface area contributed by atoms with E-state index in [0.29, 0.717) is 16.8 Å². The van der Waals surface area contributed by atoms with Crippen molar-refractivity contribution < 1.29 is 27.5 Å². The second-order valence-corrected chi connectivity index (χ2v) is 6.30. The molecule has 0 spiro atoms. The number of nitrogens with zero attached hydrogens (tertiary/aromatic N) is 1. The molecule has 1 N–H and O–H groups in total. The molecule has 5 nitrogen and oxygen atoms in total. The number of nitrogens with one attached hydrogen (secondary N) is 1. The summed E-state index contributed by atoms with van der Waals surface area (Å²) in [4.78, 5) is 25.5. The second-order valence-electron chi connectivity index (χ2n) is 6.30. The van der Waals surface area contributed by atoms with Crippen molar-refractivity contribution in [1.29, 1.82) is 0 Å². The number of carbonyl (C=O) groups excluding carboxylic acids is 2. The fraction of sp³-hybridized carbons (Fsp3) is 0.263. The summed E-state index contributed by atoms with van der Waals surface area (Å²) in [5.74, 6) is -0.965. The lowest BCUT2D eigenvalue weighted by molar-refractivity contribution is -0.119. The van der Waals surface area contributed by atoms with Crippen LogP contribution < -0.4 is 10.2 Å². The molecular weight excluding hydrogens is 361 g/mol. The van der Waals surface area contributed by atoms with E-state index in [1.165, 1.54) is 14.0 Å². The van der Waals surface area contributed by atoms with E-state index in [0.717, 1.165) is 6.08 Å². The van der Waals surface area contributed by atoms with Crippen molar-refractivity contribution in [1.82, 2.24) is 5.32 Å². The third-order valence-electron chi connectivity index (χ3n) is 4.35. The maximum atomic E-state index is 13.2. The van der Waals surface area contributed by atoms with Gasteiger partial charge in [-0.25, -0.2) is 4.79 Å². The average molecular weight is 378 g/mol. The number of fused-ring (bicyclic) bond motifs is 1. The first-order valence-electron chi connectivity index (χ1n) is 8.13. The molecule has 1 aromatic carbocycles. The van der Waals surface area contributed by atoms with E-state index in [2.05, 4.69) is 5.32 Å². The molecule has 3 rings (SSSR count). The first kappa shape index (κ1) is 18.8. The molecule has 0 saturated heterocycles. The van der Waals surface area contributed by atoms with Crippen molar-refractivity contribution in [3.05, 3.63) is 64.5 Å². The third-order valence-corrected chi connectivity index (χ3v) is 4.35. The lowest BCUT2D eigenvalue weighted by atomic mass is 9.92. The van der Waals surface area contributed by atoms with Crippen molar-refractivity contribution >= 4 is 17.6 Å². The Morgan fingerprint density at radius 2 is 2.04 bits per heavy atom. The Labute approximate surface area is 153 Å². The molecule has 0 saturated carbocycles. The van der Waals surface area contributed by atoms with Crippen molar-refractivity contribution in [2.75, 3.05) is 18.6 Å². The normalized spacial score (nSPS) is 17.5. The van der Waals surface area contributed by atoms with Gasteiger partial charge in [0.15, 0.2) is 0 Å². The zero-order chi connectivity index (χ0) is 19.8. The van der Waals surface area contributed by atoms with Crippen LogP contribution in [0.2, 0.25) is 0 Å². The molecule has 0 aromatic heterocycles. The number of alkyl halides is 3. The van der Waals surface area contributed by atoms with Crippen LogP contribution in [0.25, 0.3) is 0 Å². The van der Waals surface area contributed by atoms with Crippen LogP contribution >= 0.6 is 0 Å². The number of hydrogen-bond acceptors (Lipinski definition) is 4. The van der Waals surface area contributed by atoms with Gasteiger partial charge in [-0.05, 0) is 43.2 Å². The molecule has 0 radical (unpaired) electrons. The van der Waals surface area contributed by atoms with Crippen molar-refractivity contribution in [2.45, 2.75) is 19.5 Å². The molecule has 1 aromatic rings. The number of ether oxygens (including phenoxy) is 1. The van der Waals surface area contributed by atoms with Gasteiger partial charge in [0, 0.05) is 17.6 Å². The minimum Gasteiger partial charge on any atom is -0.465 e. The molecule has 1 aliphatic heterocycles. The van der Waals surface area contributed by atoms with Gasteiger partial charge in [0.1, 0.15) is 6.54 Å². The van der Waals surface area contributed by atoms with Crippen LogP contribution in [-0.2, 0) is 9.53 Å². The predicted octanol–water partition coefficient (Wildman–Crippen LogP) is 3.46. The number of hydrogen-bond donors (Lipinski definition) is 1. The zero-order valence-electron chi connectivity index (χ0n) is 14.7. The SMILES string of the molecule is COC(=O)c1cccc(N2C=C3CC(C)=C(C(F)(F)F)C=C3NC(=O)C2)c1. The minimum atomic E-state index is -4.48. The summed E-state index contributed by atoms with van der Waals surface area (Å²) < 4.78 is 44.2. The Bertz CT molecular complexity index is 898. The number of benzene rings is 1. The van der Waals surface area contributed by atoms with Crippen LogP contribution in [0, 0.1) is 0 Å². The van der Waals surface area contributed by atoms with Crippen LogP contribution in [0.5, 0.6) is 0 Å². The largest absolute Gasteiger partial charge is 0.465 e. The standard InChI is InChI=1S/C19H17F3N2O3/c1-11-6-13-9-24(14-5-3-4-12(7-14)18(26)27-2)10-17(25)23-16(13)8-15(11)19(20,21)22/h3-5,7-9H,6,10H2,1-2H3,(H,23,25). The van der Waals surface area contributed by atoms with E-state index in [-0.39, 0.29) is 24.2 Å². The van der Waals surface area contributed by atoms with Crippen molar-refractivity contribution in [2.24, 2.45) is 0 Å². The topological polar surface area (TPSA) is 58.6 Å². The summed E-state index contributed by atoms with van der Waals surface area (Å²) >= 11 is 0. The smallest absolute Gasteiger partial charge is 0.416 e. The highest BCUT2D eigenvalue weighted by Crippen LogP contribution is 2.38. The summed E-state index contributed by atoms with van der Waals surface area (Å²) in [6.45, 7) is 1.33. The lowest BCUT2D eigenvalue weighted by Gasteiger charge is -2.22. The number of rotatable bonds is 2. The van der Waals surface area contributed by atoms with Gasteiger partial charge in [-0.3, -0.25) is 4.79 Å². The van der Waals surface area contributed by atoms with E-state index in [4.69, 9.17) is 4.74 Å². The molecule has 27 heavy (non-hydrogen) atoms. The number of anilines is 1. The van der Waals surface area contributed by atoms with Crippen LogP contribution in [0.1, 0.15) is 23.7 Å². The van der Waals surface area contributed by atoms with Gasteiger partial charge in [0.05, 0.1) is 18.2 Å². The molecule has 1 aliphatic carbocycles. The number of carbonyl (C=O) groups is 2. The number of allylic oxidation sites excluding steroid dienone is 4. The Morgan fingerprint density at radius 3 is 2.70 bits per heavy atom. The quantitative estimate of drug-likeness (QED) is 0.801. The number of halogens is 3. The summed E-state index contributed by atoms with van der Waals surface area (Å²) in [6.07, 6.45) is -1.81. The Hall–Kier alpha value is -3.03. The van der Waals surface area contributed by atoms with Crippen molar-refractivity contribution in [3.8, 4) is 0 Å². The summed E-state index contributed by atoms with van der Waals surface area (Å²) in [6, 6.07) is 6.50. The van der Waals surface area contributed by atoms with E-state index in [9.17, 15) is 22.8 Å². The van der Waals surface area contributed by atoms with Gasteiger partial charge in [0.25, 0.3) is 0 Å². The van der Waals surface area contributed by atoms with Gasteiger partial charge >= 0.3 is 12.1 Å². The average Bonchev–Trinajstić information content (AvgIpc) is 2.77. The molecular formula is C19H17F3N2O3. The minimum absolute atomic E-state index is 0.0636. The van der Waals surface area contributed by atoms with Gasteiger partial charge < -0.3 is 15.0 Å². The third kappa shape index (κ3) is 3.89. The molecule has 0 atom stereocenters. The fourth-order valence-electron chi connectivity index (χ4n) is 3.07. The maximum Gasteiger partial charge on any atom is 0.416 e. The molecule has 0 bridgehead atoms. The molecule has 8 heteroatoms. The zero-order valence-corrected chi connectivity index (χ0v) is 14.7. The van der Waals surface area contributed by atoms with E-state index >= 15 is 0 Å². The number of esters is 1. The Morgan fingerprint density at radius 1 is 1.30 bits per heavy atom. The van der Waals surface area contributed by atoms with Crippen molar-refractivity contribution in [3.63, 3.8) is 0 Å². The molecule has 142 valence electrons. The van der Waals surface area contributed by atoms with Crippen LogP contribution in [-0.4, -0.2) is 31.7 Å². The van der Waals surface area contributed by atoms with Gasteiger partial charge in [0.2, 0.25) is 5.91 Å². The van der Waals surface area contributed by atoms with Crippen LogP contribution in [0.4, 0.5) is 18.9 Å². The molecule has 1 heterocycles. The van der Waals surface area contributed by atoms with Crippen LogP contribution in [0.3, 0.4) is 0 Å².